The molecule has 1 aromatic rings. The predicted octanol–water partition coefficient (Wildman–Crippen LogP) is 1.68. The summed E-state index contributed by atoms with van der Waals surface area (Å²) >= 11 is 2.26. The molecule has 1 heterocycles. The van der Waals surface area contributed by atoms with Crippen molar-refractivity contribution in [2.45, 2.75) is 6.04 Å². The van der Waals surface area contributed by atoms with Crippen LogP contribution in [0.2, 0.25) is 0 Å². The molecule has 2 nitrogen and oxygen atoms in total. The average Bonchev–Trinajstić information content (AvgIpc) is 2.35. The van der Waals surface area contributed by atoms with Crippen LogP contribution in [0.5, 0.6) is 5.75 Å². The molecule has 0 radical (unpaired) electrons. The van der Waals surface area contributed by atoms with Crippen molar-refractivity contribution >= 4 is 22.6 Å². The van der Waals surface area contributed by atoms with Crippen molar-refractivity contribution in [3.8, 4) is 5.75 Å². The molecular weight excluding hydrogens is 253 g/mol. The molecule has 2 N–H and O–H groups in total. The van der Waals surface area contributed by atoms with E-state index in [-0.39, 0.29) is 6.04 Å². The Morgan fingerprint density at radius 1 is 1.55 bits per heavy atom. The lowest BCUT2D eigenvalue weighted by Crippen LogP contribution is -2.10. The number of fused-ring (bicyclic) bond motifs is 1. The van der Waals surface area contributed by atoms with E-state index in [1.165, 1.54) is 0 Å². The highest BCUT2D eigenvalue weighted by molar-refractivity contribution is 14.1. The number of para-hydroxylation sites is 1. The molecule has 3 heteroatoms. The summed E-state index contributed by atoms with van der Waals surface area (Å²) in [6.07, 6.45) is 0. The lowest BCUT2D eigenvalue weighted by Gasteiger charge is -2.00. The van der Waals surface area contributed by atoms with Crippen LogP contribution in [0, 0.1) is 3.57 Å². The molecule has 58 valence electrons. The molecule has 0 aliphatic carbocycles. The highest BCUT2D eigenvalue weighted by atomic mass is 127. The SMILES string of the molecule is N[C@@H]1COc2c(I)cccc21. The Morgan fingerprint density at radius 3 is 3.09 bits per heavy atom. The van der Waals surface area contributed by atoms with Crippen molar-refractivity contribution in [2.75, 3.05) is 6.61 Å². The summed E-state index contributed by atoms with van der Waals surface area (Å²) in [6.45, 7) is 0.620. The van der Waals surface area contributed by atoms with Gasteiger partial charge in [0.1, 0.15) is 12.4 Å². The van der Waals surface area contributed by atoms with E-state index in [1.807, 2.05) is 18.2 Å². The third-order valence-electron chi connectivity index (χ3n) is 1.80. The van der Waals surface area contributed by atoms with Gasteiger partial charge in [0.15, 0.2) is 0 Å². The van der Waals surface area contributed by atoms with Crippen LogP contribution < -0.4 is 10.5 Å². The molecule has 2 rings (SSSR count). The minimum atomic E-state index is 0.0692. The van der Waals surface area contributed by atoms with Crippen molar-refractivity contribution in [2.24, 2.45) is 5.73 Å². The molecule has 1 aliphatic rings. The Bertz CT molecular complexity index is 287. The second-order valence-corrected chi connectivity index (χ2v) is 3.74. The van der Waals surface area contributed by atoms with Crippen LogP contribution in [0.25, 0.3) is 0 Å². The van der Waals surface area contributed by atoms with Crippen molar-refractivity contribution < 1.29 is 4.74 Å². The maximum absolute atomic E-state index is 5.79. The van der Waals surface area contributed by atoms with Crippen LogP contribution in [0.1, 0.15) is 11.6 Å². The number of hydrogen-bond donors (Lipinski definition) is 1. The quantitative estimate of drug-likeness (QED) is 0.721. The Kier molecular flexibility index (Phi) is 1.77. The third-order valence-corrected chi connectivity index (χ3v) is 2.65. The molecule has 0 saturated heterocycles. The Labute approximate surface area is 78.9 Å². The van der Waals surface area contributed by atoms with Crippen molar-refractivity contribution in [3.63, 3.8) is 0 Å². The average molecular weight is 261 g/mol. The topological polar surface area (TPSA) is 35.2 Å². The summed E-state index contributed by atoms with van der Waals surface area (Å²) in [7, 11) is 0. The van der Waals surface area contributed by atoms with E-state index < -0.39 is 0 Å². The molecular formula is C8H8INO. The maximum Gasteiger partial charge on any atom is 0.137 e. The van der Waals surface area contributed by atoms with Gasteiger partial charge in [-0.05, 0) is 28.7 Å². The molecule has 0 bridgehead atoms. The van der Waals surface area contributed by atoms with Gasteiger partial charge in [0.25, 0.3) is 0 Å². The number of ether oxygens (including phenoxy) is 1. The van der Waals surface area contributed by atoms with Crippen LogP contribution in [0.4, 0.5) is 0 Å². The fraction of sp³-hybridized carbons (Fsp3) is 0.250. The van der Waals surface area contributed by atoms with E-state index in [4.69, 9.17) is 10.5 Å². The molecule has 1 aliphatic heterocycles. The van der Waals surface area contributed by atoms with Gasteiger partial charge in [-0.15, -0.1) is 0 Å². The second-order valence-electron chi connectivity index (χ2n) is 2.58. The highest BCUT2D eigenvalue weighted by Gasteiger charge is 2.21. The van der Waals surface area contributed by atoms with Gasteiger partial charge in [-0.3, -0.25) is 0 Å². The number of hydrogen-bond acceptors (Lipinski definition) is 2. The fourth-order valence-electron chi connectivity index (χ4n) is 1.23. The summed E-state index contributed by atoms with van der Waals surface area (Å²) in [6, 6.07) is 6.13. The zero-order chi connectivity index (χ0) is 7.84. The zero-order valence-electron chi connectivity index (χ0n) is 5.88. The summed E-state index contributed by atoms with van der Waals surface area (Å²) in [5.41, 5.74) is 6.92. The van der Waals surface area contributed by atoms with Gasteiger partial charge in [-0.25, -0.2) is 0 Å². The van der Waals surface area contributed by atoms with Crippen LogP contribution in [-0.2, 0) is 0 Å². The summed E-state index contributed by atoms with van der Waals surface area (Å²) < 4.78 is 6.56. The van der Waals surface area contributed by atoms with Crippen LogP contribution in [-0.4, -0.2) is 6.61 Å². The largest absolute Gasteiger partial charge is 0.490 e. The third kappa shape index (κ3) is 1.12. The minimum absolute atomic E-state index is 0.0692. The molecule has 11 heavy (non-hydrogen) atoms. The number of benzene rings is 1. The maximum atomic E-state index is 5.79. The van der Waals surface area contributed by atoms with Gasteiger partial charge in [0.2, 0.25) is 0 Å². The van der Waals surface area contributed by atoms with Crippen LogP contribution in [0.3, 0.4) is 0 Å². The Morgan fingerprint density at radius 2 is 2.36 bits per heavy atom. The first kappa shape index (κ1) is 7.36. The normalized spacial score (nSPS) is 21.1. The molecule has 0 amide bonds. The van der Waals surface area contributed by atoms with Gasteiger partial charge in [0.05, 0.1) is 9.61 Å². The van der Waals surface area contributed by atoms with Crippen molar-refractivity contribution in [1.82, 2.24) is 0 Å². The molecule has 1 aromatic carbocycles. The molecule has 1 atom stereocenters. The predicted molar refractivity (Wildman–Crippen MR) is 51.6 cm³/mol. The highest BCUT2D eigenvalue weighted by Crippen LogP contribution is 2.34. The first-order chi connectivity index (χ1) is 5.29. The van der Waals surface area contributed by atoms with E-state index in [1.54, 1.807) is 0 Å². The minimum Gasteiger partial charge on any atom is -0.490 e. The van der Waals surface area contributed by atoms with Gasteiger partial charge in [0, 0.05) is 5.56 Å². The number of nitrogens with two attached hydrogens (primary N) is 1. The smallest absolute Gasteiger partial charge is 0.137 e. The van der Waals surface area contributed by atoms with Crippen LogP contribution >= 0.6 is 22.6 Å². The fourth-order valence-corrected chi connectivity index (χ4v) is 1.91. The second kappa shape index (κ2) is 2.64. The van der Waals surface area contributed by atoms with Crippen LogP contribution in [0.15, 0.2) is 18.2 Å². The Balaban J connectivity index is 2.57. The lowest BCUT2D eigenvalue weighted by atomic mass is 10.1. The van der Waals surface area contributed by atoms with E-state index in [0.29, 0.717) is 6.61 Å². The van der Waals surface area contributed by atoms with Crippen molar-refractivity contribution in [3.05, 3.63) is 27.3 Å². The Hall–Kier alpha value is -0.290. The van der Waals surface area contributed by atoms with E-state index in [9.17, 15) is 0 Å². The van der Waals surface area contributed by atoms with E-state index in [2.05, 4.69) is 22.6 Å². The molecule has 0 aromatic heterocycles. The van der Waals surface area contributed by atoms with E-state index >= 15 is 0 Å². The molecule has 0 fully saturated rings. The summed E-state index contributed by atoms with van der Waals surface area (Å²) in [4.78, 5) is 0. The van der Waals surface area contributed by atoms with Gasteiger partial charge in [-0.1, -0.05) is 12.1 Å². The molecule has 0 saturated carbocycles. The van der Waals surface area contributed by atoms with Gasteiger partial charge in [-0.2, -0.15) is 0 Å². The summed E-state index contributed by atoms with van der Waals surface area (Å²) in [5, 5.41) is 0. The molecule has 0 unspecified atom stereocenters. The first-order valence-corrected chi connectivity index (χ1v) is 4.53. The zero-order valence-corrected chi connectivity index (χ0v) is 8.04. The van der Waals surface area contributed by atoms with E-state index in [0.717, 1.165) is 14.9 Å². The standard InChI is InChI=1S/C8H8INO/c9-6-3-1-2-5-7(10)4-11-8(5)6/h1-3,7H,4,10H2/t7-/m1/s1. The van der Waals surface area contributed by atoms with Crippen molar-refractivity contribution in [1.29, 1.82) is 0 Å². The number of halogens is 1. The monoisotopic (exact) mass is 261 g/mol. The first-order valence-electron chi connectivity index (χ1n) is 3.46. The summed E-state index contributed by atoms with van der Waals surface area (Å²) in [5.74, 6) is 0.973. The number of rotatable bonds is 0. The molecule has 0 spiro atoms. The van der Waals surface area contributed by atoms with Gasteiger partial charge < -0.3 is 10.5 Å². The van der Waals surface area contributed by atoms with Gasteiger partial charge >= 0.3 is 0 Å². The lowest BCUT2D eigenvalue weighted by molar-refractivity contribution is 0.331.